The molecule has 0 rings (SSSR count). The van der Waals surface area contributed by atoms with Crippen LogP contribution in [0, 0.1) is 0 Å². The van der Waals surface area contributed by atoms with Crippen LogP contribution in [0.5, 0.6) is 0 Å². The van der Waals surface area contributed by atoms with Crippen molar-refractivity contribution in [2.75, 3.05) is 24.6 Å². The molecule has 0 bridgehead atoms. The zero-order valence-electron chi connectivity index (χ0n) is 29.2. The molecular formula is C39H83P. The molecule has 0 aliphatic rings. The van der Waals surface area contributed by atoms with Crippen LogP contribution < -0.4 is 0 Å². The molecular weight excluding hydrogens is 499 g/mol. The Hall–Kier alpha value is 0.430. The van der Waals surface area contributed by atoms with E-state index in [0.29, 0.717) is 0 Å². The quantitative estimate of drug-likeness (QED) is 0.0515. The van der Waals surface area contributed by atoms with Crippen LogP contribution in [0.4, 0.5) is 0 Å². The summed E-state index contributed by atoms with van der Waals surface area (Å²) in [5, 5.41) is 0. The number of hydrogen-bond donors (Lipinski definition) is 0. The fourth-order valence-electron chi connectivity index (χ4n) is 7.11. The summed E-state index contributed by atoms with van der Waals surface area (Å²) in [6.07, 6.45) is 52.9. The van der Waals surface area contributed by atoms with Crippen molar-refractivity contribution in [1.29, 1.82) is 0 Å². The fourth-order valence-corrected chi connectivity index (χ4v) is 12.6. The summed E-state index contributed by atoms with van der Waals surface area (Å²) in [7, 11) is -1.11. The van der Waals surface area contributed by atoms with Gasteiger partial charge >= 0.3 is 259 Å². The van der Waals surface area contributed by atoms with E-state index in [9.17, 15) is 0 Å². The van der Waals surface area contributed by atoms with E-state index >= 15 is 0 Å². The zero-order valence-corrected chi connectivity index (χ0v) is 30.2. The van der Waals surface area contributed by atoms with Gasteiger partial charge in [0.2, 0.25) is 0 Å². The first-order valence-corrected chi connectivity index (χ1v) is 22.6. The predicted octanol–water partition coefficient (Wildman–Crippen LogP) is 14.9. The van der Waals surface area contributed by atoms with Gasteiger partial charge in [-0.3, -0.25) is 0 Å². The standard InChI is InChI=1S/C39H83P/c1-5-9-13-17-21-22-23-27-31-35-39-40(36-32-28-24-18-14-10-6-2,37-33-29-25-19-15-11-7-3)38-34-30-26-20-16-12-8-4/h40H,5-39H2,1-4H3. The van der Waals surface area contributed by atoms with Crippen LogP contribution in [-0.2, 0) is 0 Å². The molecule has 0 aliphatic heterocycles. The van der Waals surface area contributed by atoms with Gasteiger partial charge < -0.3 is 0 Å². The monoisotopic (exact) mass is 583 g/mol. The van der Waals surface area contributed by atoms with Gasteiger partial charge in [-0.15, -0.1) is 0 Å². The molecule has 0 saturated carbocycles. The summed E-state index contributed by atoms with van der Waals surface area (Å²) in [6, 6.07) is 0. The van der Waals surface area contributed by atoms with Crippen LogP contribution >= 0.6 is 7.26 Å². The van der Waals surface area contributed by atoms with Crippen molar-refractivity contribution in [1.82, 2.24) is 0 Å². The van der Waals surface area contributed by atoms with Gasteiger partial charge in [0.1, 0.15) is 0 Å². The molecule has 0 aromatic rings. The number of hydrogen-bond acceptors (Lipinski definition) is 0. The molecule has 0 saturated heterocycles. The first-order valence-electron chi connectivity index (χ1n) is 19.7. The molecule has 244 valence electrons. The first-order chi connectivity index (χ1) is 19.7. The van der Waals surface area contributed by atoms with E-state index in [1.165, 1.54) is 173 Å². The number of unbranched alkanes of at least 4 members (excludes halogenated alkanes) is 27. The molecule has 0 spiro atoms. The second-order valence-electron chi connectivity index (χ2n) is 14.0. The average molecular weight is 583 g/mol. The van der Waals surface area contributed by atoms with Gasteiger partial charge in [0, 0.05) is 0 Å². The zero-order chi connectivity index (χ0) is 29.2. The van der Waals surface area contributed by atoms with Gasteiger partial charge in [-0.1, -0.05) is 0 Å². The van der Waals surface area contributed by atoms with E-state index in [1.54, 1.807) is 50.3 Å². The van der Waals surface area contributed by atoms with Crippen molar-refractivity contribution in [2.45, 2.75) is 227 Å². The van der Waals surface area contributed by atoms with Crippen LogP contribution in [0.25, 0.3) is 0 Å². The molecule has 0 unspecified atom stereocenters. The topological polar surface area (TPSA) is 0 Å². The molecule has 0 atom stereocenters. The van der Waals surface area contributed by atoms with Crippen LogP contribution in [0.15, 0.2) is 0 Å². The first kappa shape index (κ1) is 40.4. The third-order valence-corrected chi connectivity index (χ3v) is 15.6. The molecule has 0 radical (unpaired) electrons. The maximum absolute atomic E-state index is 2.35. The molecule has 0 N–H and O–H groups in total. The Morgan fingerprint density at radius 2 is 0.350 bits per heavy atom. The van der Waals surface area contributed by atoms with E-state index in [-0.39, 0.29) is 0 Å². The Bertz CT molecular complexity index is 399. The average Bonchev–Trinajstić information content (AvgIpc) is 2.96. The maximum atomic E-state index is 2.35. The van der Waals surface area contributed by atoms with Crippen LogP contribution in [0.2, 0.25) is 0 Å². The molecule has 0 aromatic heterocycles. The fraction of sp³-hybridized carbons (Fsp3) is 1.00. The Morgan fingerprint density at radius 1 is 0.200 bits per heavy atom. The summed E-state index contributed by atoms with van der Waals surface area (Å²) in [5.74, 6) is 0. The Labute approximate surface area is 258 Å². The van der Waals surface area contributed by atoms with Crippen molar-refractivity contribution in [3.8, 4) is 0 Å². The normalized spacial score (nSPS) is 12.4. The van der Waals surface area contributed by atoms with Gasteiger partial charge in [-0.2, -0.15) is 0 Å². The van der Waals surface area contributed by atoms with E-state index in [1.807, 2.05) is 0 Å². The van der Waals surface area contributed by atoms with Crippen LogP contribution in [0.3, 0.4) is 0 Å². The minimum absolute atomic E-state index is 1.11. The summed E-state index contributed by atoms with van der Waals surface area (Å²) in [6.45, 7) is 9.38. The van der Waals surface area contributed by atoms with Gasteiger partial charge in [0.15, 0.2) is 0 Å². The SMILES string of the molecule is CCCCCCCCCCCC[PH](CCCCCCCCC)(CCCCCCCCC)CCCCCCCCC. The van der Waals surface area contributed by atoms with E-state index in [2.05, 4.69) is 27.7 Å². The molecule has 0 heterocycles. The molecule has 0 amide bonds. The molecule has 1 heteroatoms. The van der Waals surface area contributed by atoms with Crippen molar-refractivity contribution in [3.05, 3.63) is 0 Å². The summed E-state index contributed by atoms with van der Waals surface area (Å²) >= 11 is 0. The summed E-state index contributed by atoms with van der Waals surface area (Å²) < 4.78 is 0. The molecule has 0 nitrogen and oxygen atoms in total. The summed E-state index contributed by atoms with van der Waals surface area (Å²) in [4.78, 5) is 0. The van der Waals surface area contributed by atoms with Crippen molar-refractivity contribution in [3.63, 3.8) is 0 Å². The minimum atomic E-state index is -1.11. The van der Waals surface area contributed by atoms with E-state index in [0.717, 1.165) is 0 Å². The molecule has 0 aromatic carbocycles. The molecule has 0 aliphatic carbocycles. The van der Waals surface area contributed by atoms with Gasteiger partial charge in [0.25, 0.3) is 0 Å². The summed E-state index contributed by atoms with van der Waals surface area (Å²) in [5.41, 5.74) is 0. The predicted molar refractivity (Wildman–Crippen MR) is 194 cm³/mol. The Morgan fingerprint density at radius 3 is 0.525 bits per heavy atom. The third kappa shape index (κ3) is 28.5. The van der Waals surface area contributed by atoms with E-state index < -0.39 is 7.26 Å². The van der Waals surface area contributed by atoms with Gasteiger partial charge in [-0.05, 0) is 0 Å². The van der Waals surface area contributed by atoms with Gasteiger partial charge in [0.05, 0.1) is 0 Å². The van der Waals surface area contributed by atoms with E-state index in [4.69, 9.17) is 0 Å². The van der Waals surface area contributed by atoms with Crippen LogP contribution in [-0.4, -0.2) is 24.6 Å². The number of rotatable bonds is 35. The van der Waals surface area contributed by atoms with Gasteiger partial charge in [-0.25, -0.2) is 0 Å². The van der Waals surface area contributed by atoms with Crippen LogP contribution in [0.1, 0.15) is 227 Å². The van der Waals surface area contributed by atoms with Crippen molar-refractivity contribution in [2.24, 2.45) is 0 Å². The second kappa shape index (κ2) is 33.9. The second-order valence-corrected chi connectivity index (χ2v) is 19.0. The third-order valence-electron chi connectivity index (χ3n) is 9.99. The van der Waals surface area contributed by atoms with Crippen molar-refractivity contribution >= 4 is 7.26 Å². The molecule has 0 fully saturated rings. The Kier molecular flexibility index (Phi) is 34.3. The Balaban J connectivity index is 4.76. The van der Waals surface area contributed by atoms with Crippen molar-refractivity contribution < 1.29 is 0 Å². The molecule has 40 heavy (non-hydrogen) atoms.